The maximum absolute atomic E-state index is 12.6. The number of pyridine rings is 2. The minimum Gasteiger partial charge on any atom is -0.342 e. The Morgan fingerprint density at radius 2 is 2.00 bits per heavy atom. The van der Waals surface area contributed by atoms with E-state index in [1.54, 1.807) is 27.7 Å². The van der Waals surface area contributed by atoms with E-state index in [4.69, 9.17) is 0 Å². The highest BCUT2D eigenvalue weighted by atomic mass is 16.2. The highest BCUT2D eigenvalue weighted by molar-refractivity contribution is 5.95. The van der Waals surface area contributed by atoms with Gasteiger partial charge in [-0.1, -0.05) is 12.1 Å². The fraction of sp³-hybridized carbons (Fsp3) is 0.222. The first-order chi connectivity index (χ1) is 12.4. The van der Waals surface area contributed by atoms with E-state index in [0.29, 0.717) is 18.8 Å². The molecule has 0 aromatic carbocycles. The highest BCUT2D eigenvalue weighted by Crippen LogP contribution is 2.23. The number of aromatic nitrogens is 3. The molecular weight excluding hydrogens is 334 g/mol. The van der Waals surface area contributed by atoms with Crippen molar-refractivity contribution in [1.29, 1.82) is 0 Å². The van der Waals surface area contributed by atoms with Gasteiger partial charge < -0.3 is 15.2 Å². The Labute approximate surface area is 148 Å². The predicted octanol–water partition coefficient (Wildman–Crippen LogP) is 0.667. The van der Waals surface area contributed by atoms with Crippen LogP contribution in [0.1, 0.15) is 27.9 Å². The zero-order chi connectivity index (χ0) is 18.3. The van der Waals surface area contributed by atoms with Crippen LogP contribution in [0.25, 0.3) is 5.52 Å². The van der Waals surface area contributed by atoms with Crippen molar-refractivity contribution in [3.05, 3.63) is 70.4 Å². The van der Waals surface area contributed by atoms with Crippen LogP contribution < -0.4 is 10.9 Å². The molecule has 0 radical (unpaired) electrons. The molecule has 2 N–H and O–H groups in total. The zero-order valence-electron chi connectivity index (χ0n) is 14.1. The molecule has 3 aromatic rings. The molecule has 1 fully saturated rings. The molecule has 0 saturated carbocycles. The molecule has 0 atom stereocenters. The van der Waals surface area contributed by atoms with E-state index < -0.39 is 5.54 Å². The van der Waals surface area contributed by atoms with Crippen LogP contribution >= 0.6 is 0 Å². The van der Waals surface area contributed by atoms with Crippen molar-refractivity contribution in [2.75, 3.05) is 13.1 Å². The number of amides is 2. The fourth-order valence-corrected chi connectivity index (χ4v) is 3.15. The number of carbonyl (C=O) groups excluding carboxylic acids is 2. The Morgan fingerprint density at radius 1 is 1.19 bits per heavy atom. The van der Waals surface area contributed by atoms with Gasteiger partial charge in [0.15, 0.2) is 5.69 Å². The molecule has 1 aliphatic heterocycles. The molecule has 26 heavy (non-hydrogen) atoms. The number of rotatable bonds is 3. The fourth-order valence-electron chi connectivity index (χ4n) is 3.15. The lowest BCUT2D eigenvalue weighted by Gasteiger charge is -2.47. The lowest BCUT2D eigenvalue weighted by atomic mass is 9.91. The lowest BCUT2D eigenvalue weighted by Crippen LogP contribution is -2.69. The molecule has 132 valence electrons. The zero-order valence-corrected chi connectivity index (χ0v) is 14.1. The van der Waals surface area contributed by atoms with E-state index >= 15 is 0 Å². The topological polar surface area (TPSA) is 99.6 Å². The number of fused-ring (bicyclic) bond motifs is 1. The van der Waals surface area contributed by atoms with Crippen LogP contribution in [0, 0.1) is 0 Å². The van der Waals surface area contributed by atoms with Crippen molar-refractivity contribution in [3.8, 4) is 0 Å². The van der Waals surface area contributed by atoms with Crippen LogP contribution in [0.4, 0.5) is 0 Å². The third-order valence-electron chi connectivity index (χ3n) is 4.38. The predicted molar refractivity (Wildman–Crippen MR) is 94.0 cm³/mol. The quantitative estimate of drug-likeness (QED) is 0.724. The summed E-state index contributed by atoms with van der Waals surface area (Å²) in [6, 6.07) is 11.8. The summed E-state index contributed by atoms with van der Waals surface area (Å²) < 4.78 is 1.65. The Bertz CT molecular complexity index is 1030. The third kappa shape index (κ3) is 2.85. The van der Waals surface area contributed by atoms with Gasteiger partial charge in [0.2, 0.25) is 5.56 Å². The summed E-state index contributed by atoms with van der Waals surface area (Å²) in [5, 5.41) is 7.15. The first kappa shape index (κ1) is 16.1. The number of nitrogens with zero attached hydrogens (tertiary/aromatic N) is 3. The maximum Gasteiger partial charge on any atom is 0.274 e. The first-order valence-corrected chi connectivity index (χ1v) is 8.19. The van der Waals surface area contributed by atoms with Crippen molar-refractivity contribution in [2.45, 2.75) is 12.5 Å². The molecule has 1 aliphatic rings. The molecule has 4 heterocycles. The summed E-state index contributed by atoms with van der Waals surface area (Å²) >= 11 is 0. The van der Waals surface area contributed by atoms with E-state index in [2.05, 4.69) is 15.4 Å². The van der Waals surface area contributed by atoms with Crippen LogP contribution in [0.5, 0.6) is 0 Å². The smallest absolute Gasteiger partial charge is 0.274 e. The van der Waals surface area contributed by atoms with Gasteiger partial charge in [-0.15, -0.1) is 0 Å². The Morgan fingerprint density at radius 3 is 2.73 bits per heavy atom. The molecule has 8 nitrogen and oxygen atoms in total. The number of aromatic amines is 1. The van der Waals surface area contributed by atoms with Crippen LogP contribution in [0.2, 0.25) is 0 Å². The molecular formula is C18H17N5O3. The number of hydrogen-bond donors (Lipinski definition) is 2. The second kappa shape index (κ2) is 5.83. The van der Waals surface area contributed by atoms with Crippen molar-refractivity contribution < 1.29 is 9.59 Å². The lowest BCUT2D eigenvalue weighted by molar-refractivity contribution is 0.0325. The SMILES string of the molecule is CC1(NC(=O)c2cccc(=O)[nH]2)CN(C(=O)c2cc3ccccn3n2)C1. The van der Waals surface area contributed by atoms with Gasteiger partial charge in [0.1, 0.15) is 5.69 Å². The highest BCUT2D eigenvalue weighted by Gasteiger charge is 2.43. The Kier molecular flexibility index (Phi) is 3.61. The third-order valence-corrected chi connectivity index (χ3v) is 4.38. The normalized spacial score (nSPS) is 15.5. The van der Waals surface area contributed by atoms with Crippen molar-refractivity contribution in [2.24, 2.45) is 0 Å². The average Bonchev–Trinajstić information content (AvgIpc) is 3.03. The molecule has 4 rings (SSSR count). The second-order valence-electron chi connectivity index (χ2n) is 6.70. The summed E-state index contributed by atoms with van der Waals surface area (Å²) in [4.78, 5) is 40.3. The molecule has 0 bridgehead atoms. The van der Waals surface area contributed by atoms with Crippen LogP contribution in [-0.2, 0) is 0 Å². The van der Waals surface area contributed by atoms with Gasteiger partial charge in [-0.2, -0.15) is 5.10 Å². The summed E-state index contributed by atoms with van der Waals surface area (Å²) in [5.74, 6) is -0.543. The Balaban J connectivity index is 1.42. The summed E-state index contributed by atoms with van der Waals surface area (Å²) in [6.07, 6.45) is 1.78. The first-order valence-electron chi connectivity index (χ1n) is 8.19. The van der Waals surface area contributed by atoms with E-state index in [-0.39, 0.29) is 23.1 Å². The summed E-state index contributed by atoms with van der Waals surface area (Å²) in [7, 11) is 0. The maximum atomic E-state index is 12.6. The number of likely N-dealkylation sites (tertiary alicyclic amines) is 1. The number of carbonyl (C=O) groups is 2. The van der Waals surface area contributed by atoms with E-state index in [1.807, 2.05) is 25.1 Å². The second-order valence-corrected chi connectivity index (χ2v) is 6.70. The van der Waals surface area contributed by atoms with E-state index in [1.165, 1.54) is 12.1 Å². The van der Waals surface area contributed by atoms with Gasteiger partial charge in [-0.05, 0) is 31.2 Å². The van der Waals surface area contributed by atoms with Gasteiger partial charge in [0, 0.05) is 25.4 Å². The molecule has 1 saturated heterocycles. The van der Waals surface area contributed by atoms with E-state index in [9.17, 15) is 14.4 Å². The number of H-pyrrole nitrogens is 1. The molecule has 0 spiro atoms. The number of hydrogen-bond acceptors (Lipinski definition) is 4. The van der Waals surface area contributed by atoms with Crippen LogP contribution in [0.15, 0.2) is 53.5 Å². The standard InChI is InChI=1S/C18H17N5O3/c1-18(20-16(25)13-6-4-7-15(24)19-13)10-22(11-18)17(26)14-9-12-5-2-3-8-23(12)21-14/h2-9H,10-11H2,1H3,(H,19,24)(H,20,25). The largest absolute Gasteiger partial charge is 0.342 e. The van der Waals surface area contributed by atoms with Gasteiger partial charge in [0.05, 0.1) is 11.1 Å². The Hall–Kier alpha value is -3.42. The van der Waals surface area contributed by atoms with Gasteiger partial charge in [-0.3, -0.25) is 14.4 Å². The van der Waals surface area contributed by atoms with Crippen molar-refractivity contribution in [1.82, 2.24) is 24.8 Å². The van der Waals surface area contributed by atoms with Gasteiger partial charge in [-0.25, -0.2) is 4.52 Å². The number of nitrogens with one attached hydrogen (secondary N) is 2. The average molecular weight is 351 g/mol. The minimum atomic E-state index is -0.543. The minimum absolute atomic E-state index is 0.173. The monoisotopic (exact) mass is 351 g/mol. The van der Waals surface area contributed by atoms with Gasteiger partial charge in [0.25, 0.3) is 11.8 Å². The molecule has 0 unspecified atom stereocenters. The van der Waals surface area contributed by atoms with Crippen LogP contribution in [0.3, 0.4) is 0 Å². The van der Waals surface area contributed by atoms with Gasteiger partial charge >= 0.3 is 0 Å². The van der Waals surface area contributed by atoms with Crippen LogP contribution in [-0.4, -0.2) is 49.9 Å². The summed E-state index contributed by atoms with van der Waals surface area (Å²) in [6.45, 7) is 2.62. The molecule has 3 aromatic heterocycles. The van der Waals surface area contributed by atoms with E-state index in [0.717, 1.165) is 5.52 Å². The van der Waals surface area contributed by atoms with Crippen molar-refractivity contribution >= 4 is 17.3 Å². The molecule has 2 amide bonds. The summed E-state index contributed by atoms with van der Waals surface area (Å²) in [5.41, 5.74) is 0.542. The molecule has 8 heteroatoms. The van der Waals surface area contributed by atoms with Crippen molar-refractivity contribution in [3.63, 3.8) is 0 Å². The molecule has 0 aliphatic carbocycles.